The molecule has 33 heavy (non-hydrogen) atoms. The third-order valence-electron chi connectivity index (χ3n) is 5.52. The summed E-state index contributed by atoms with van der Waals surface area (Å²) in [7, 11) is 0. The van der Waals surface area contributed by atoms with Gasteiger partial charge in [0.1, 0.15) is 5.70 Å². The first-order valence-electron chi connectivity index (χ1n) is 10.2. The SMILES string of the molecule is N#Cc1ccc(N2C(=O)C(Nc3cccc4ccccc34)=C(c3ccc(Cl)cc3)C2=O)cc1. The molecule has 1 heterocycles. The first kappa shape index (κ1) is 20.5. The average Bonchev–Trinajstić information content (AvgIpc) is 3.09. The van der Waals surface area contributed by atoms with E-state index in [9.17, 15) is 9.59 Å². The molecular weight excluding hydrogens is 434 g/mol. The van der Waals surface area contributed by atoms with Gasteiger partial charge in [0.05, 0.1) is 22.9 Å². The van der Waals surface area contributed by atoms with Crippen molar-refractivity contribution >= 4 is 51.1 Å². The van der Waals surface area contributed by atoms with Gasteiger partial charge in [0.15, 0.2) is 0 Å². The third-order valence-corrected chi connectivity index (χ3v) is 5.77. The smallest absolute Gasteiger partial charge is 0.282 e. The number of hydrogen-bond acceptors (Lipinski definition) is 4. The largest absolute Gasteiger partial charge is 0.350 e. The Morgan fingerprint density at radius 2 is 1.48 bits per heavy atom. The fourth-order valence-electron chi connectivity index (χ4n) is 3.92. The van der Waals surface area contributed by atoms with Crippen LogP contribution < -0.4 is 10.2 Å². The van der Waals surface area contributed by atoms with Crippen LogP contribution in [0.15, 0.2) is 96.7 Å². The normalized spacial score (nSPS) is 13.5. The minimum Gasteiger partial charge on any atom is -0.350 e. The monoisotopic (exact) mass is 449 g/mol. The molecule has 5 nitrogen and oxygen atoms in total. The highest BCUT2D eigenvalue weighted by Crippen LogP contribution is 2.35. The second kappa shape index (κ2) is 8.27. The molecule has 158 valence electrons. The van der Waals surface area contributed by atoms with Gasteiger partial charge in [-0.1, -0.05) is 60.1 Å². The number of hydrogen-bond donors (Lipinski definition) is 1. The molecule has 0 saturated carbocycles. The van der Waals surface area contributed by atoms with E-state index in [4.69, 9.17) is 16.9 Å². The second-order valence-corrected chi connectivity index (χ2v) is 7.95. The summed E-state index contributed by atoms with van der Waals surface area (Å²) in [4.78, 5) is 28.2. The van der Waals surface area contributed by atoms with Crippen LogP contribution in [0.2, 0.25) is 5.02 Å². The number of amides is 2. The maximum Gasteiger partial charge on any atom is 0.282 e. The molecule has 1 aliphatic heterocycles. The number of halogens is 1. The summed E-state index contributed by atoms with van der Waals surface area (Å²) in [6, 6.07) is 28.7. The van der Waals surface area contributed by atoms with Crippen LogP contribution >= 0.6 is 11.6 Å². The number of rotatable bonds is 4. The molecule has 0 bridgehead atoms. The standard InChI is InChI=1S/C27H16ClN3O2/c28-20-12-10-19(11-13-20)24-25(30-23-7-3-5-18-4-1-2-6-22(18)23)27(33)31(26(24)32)21-14-8-17(16-29)9-15-21/h1-15,30H. The highest BCUT2D eigenvalue weighted by Gasteiger charge is 2.40. The van der Waals surface area contributed by atoms with Gasteiger partial charge in [0, 0.05) is 16.1 Å². The van der Waals surface area contributed by atoms with Crippen LogP contribution in [0.5, 0.6) is 0 Å². The quantitative estimate of drug-likeness (QED) is 0.402. The van der Waals surface area contributed by atoms with Crippen molar-refractivity contribution in [3.05, 3.63) is 113 Å². The average molecular weight is 450 g/mol. The fourth-order valence-corrected chi connectivity index (χ4v) is 4.04. The molecule has 0 fully saturated rings. The van der Waals surface area contributed by atoms with E-state index in [1.54, 1.807) is 48.5 Å². The number of imide groups is 1. The Kier molecular flexibility index (Phi) is 5.14. The van der Waals surface area contributed by atoms with Gasteiger partial charge in [0.25, 0.3) is 11.8 Å². The number of nitrogens with one attached hydrogen (secondary N) is 1. The third kappa shape index (κ3) is 3.63. The van der Waals surface area contributed by atoms with Crippen LogP contribution in [0.3, 0.4) is 0 Å². The Hall–Kier alpha value is -4.40. The lowest BCUT2D eigenvalue weighted by Gasteiger charge is -2.16. The van der Waals surface area contributed by atoms with Gasteiger partial charge in [0.2, 0.25) is 0 Å². The van der Waals surface area contributed by atoms with Gasteiger partial charge in [-0.05, 0) is 53.4 Å². The zero-order chi connectivity index (χ0) is 22.9. The molecule has 0 atom stereocenters. The van der Waals surface area contributed by atoms with E-state index in [1.807, 2.05) is 48.5 Å². The topological polar surface area (TPSA) is 73.2 Å². The van der Waals surface area contributed by atoms with Gasteiger partial charge < -0.3 is 5.32 Å². The zero-order valence-corrected chi connectivity index (χ0v) is 18.0. The summed E-state index contributed by atoms with van der Waals surface area (Å²) >= 11 is 6.05. The highest BCUT2D eigenvalue weighted by atomic mass is 35.5. The molecule has 0 unspecified atom stereocenters. The molecule has 0 saturated heterocycles. The van der Waals surface area contributed by atoms with Crippen molar-refractivity contribution in [3.8, 4) is 6.07 Å². The Morgan fingerprint density at radius 3 is 2.21 bits per heavy atom. The molecule has 0 spiro atoms. The predicted octanol–water partition coefficient (Wildman–Crippen LogP) is 5.76. The molecular formula is C27H16ClN3O2. The Bertz CT molecular complexity index is 1480. The number of nitrogens with zero attached hydrogens (tertiary/aromatic N) is 2. The van der Waals surface area contributed by atoms with Gasteiger partial charge in [-0.2, -0.15) is 5.26 Å². The lowest BCUT2D eigenvalue weighted by Crippen LogP contribution is -2.32. The van der Waals surface area contributed by atoms with E-state index in [-0.39, 0.29) is 11.3 Å². The van der Waals surface area contributed by atoms with Gasteiger partial charge in [-0.3, -0.25) is 9.59 Å². The maximum atomic E-state index is 13.6. The van der Waals surface area contributed by atoms with E-state index >= 15 is 0 Å². The number of carbonyl (C=O) groups is 2. The van der Waals surface area contributed by atoms with E-state index in [0.29, 0.717) is 21.8 Å². The molecule has 0 aromatic heterocycles. The van der Waals surface area contributed by atoms with E-state index in [0.717, 1.165) is 21.4 Å². The van der Waals surface area contributed by atoms with Crippen LogP contribution in [0, 0.1) is 11.3 Å². The number of benzene rings is 4. The van der Waals surface area contributed by atoms with E-state index in [2.05, 4.69) is 5.32 Å². The summed E-state index contributed by atoms with van der Waals surface area (Å²) in [5.74, 6) is -0.919. The van der Waals surface area contributed by atoms with Gasteiger partial charge in [-0.15, -0.1) is 0 Å². The van der Waals surface area contributed by atoms with Crippen LogP contribution in [0.4, 0.5) is 11.4 Å². The molecule has 4 aromatic carbocycles. The van der Waals surface area contributed by atoms with Crippen molar-refractivity contribution in [1.82, 2.24) is 0 Å². The van der Waals surface area contributed by atoms with E-state index in [1.165, 1.54) is 0 Å². The molecule has 4 aromatic rings. The van der Waals surface area contributed by atoms with Crippen molar-refractivity contribution in [3.63, 3.8) is 0 Å². The lowest BCUT2D eigenvalue weighted by molar-refractivity contribution is -0.120. The maximum absolute atomic E-state index is 13.6. The molecule has 6 heteroatoms. The molecule has 5 rings (SSSR count). The molecule has 1 N–H and O–H groups in total. The van der Waals surface area contributed by atoms with Gasteiger partial charge >= 0.3 is 0 Å². The van der Waals surface area contributed by atoms with Gasteiger partial charge in [-0.25, -0.2) is 4.90 Å². The van der Waals surface area contributed by atoms with Crippen molar-refractivity contribution < 1.29 is 9.59 Å². The molecule has 0 radical (unpaired) electrons. The summed E-state index contributed by atoms with van der Waals surface area (Å²) in [5.41, 5.74) is 2.58. The Balaban J connectivity index is 1.64. The van der Waals surface area contributed by atoms with Crippen molar-refractivity contribution in [2.75, 3.05) is 10.2 Å². The fraction of sp³-hybridized carbons (Fsp3) is 0. The summed E-state index contributed by atoms with van der Waals surface area (Å²) in [6.45, 7) is 0. The molecule has 0 aliphatic carbocycles. The number of fused-ring (bicyclic) bond motifs is 1. The Labute approximate surface area is 195 Å². The van der Waals surface area contributed by atoms with Crippen LogP contribution in [-0.4, -0.2) is 11.8 Å². The minimum atomic E-state index is -0.470. The zero-order valence-electron chi connectivity index (χ0n) is 17.2. The Morgan fingerprint density at radius 1 is 0.788 bits per heavy atom. The molecule has 2 amide bonds. The van der Waals surface area contributed by atoms with Crippen molar-refractivity contribution in [1.29, 1.82) is 5.26 Å². The van der Waals surface area contributed by atoms with Crippen LogP contribution in [-0.2, 0) is 9.59 Å². The number of carbonyl (C=O) groups excluding carboxylic acids is 2. The predicted molar refractivity (Wildman–Crippen MR) is 130 cm³/mol. The molecule has 1 aliphatic rings. The first-order chi connectivity index (χ1) is 16.1. The number of anilines is 2. The first-order valence-corrected chi connectivity index (χ1v) is 10.6. The van der Waals surface area contributed by atoms with Crippen molar-refractivity contribution in [2.45, 2.75) is 0 Å². The van der Waals surface area contributed by atoms with Crippen LogP contribution in [0.1, 0.15) is 11.1 Å². The van der Waals surface area contributed by atoms with Crippen LogP contribution in [0.25, 0.3) is 16.3 Å². The summed E-state index contributed by atoms with van der Waals surface area (Å²) in [6.07, 6.45) is 0. The highest BCUT2D eigenvalue weighted by molar-refractivity contribution is 6.46. The lowest BCUT2D eigenvalue weighted by atomic mass is 10.0. The second-order valence-electron chi connectivity index (χ2n) is 7.51. The number of nitriles is 1. The van der Waals surface area contributed by atoms with Crippen molar-refractivity contribution in [2.24, 2.45) is 0 Å². The summed E-state index contributed by atoms with van der Waals surface area (Å²) in [5, 5.41) is 14.8. The minimum absolute atomic E-state index is 0.183. The van der Waals surface area contributed by atoms with E-state index < -0.39 is 11.8 Å². The summed E-state index contributed by atoms with van der Waals surface area (Å²) < 4.78 is 0.